The fourth-order valence-electron chi connectivity index (χ4n) is 2.83. The second-order valence-electron chi connectivity index (χ2n) is 6.71. The van der Waals surface area contributed by atoms with Crippen LogP contribution in [0.5, 0.6) is 5.75 Å². The molecule has 0 saturated heterocycles. The van der Waals surface area contributed by atoms with Gasteiger partial charge in [0.25, 0.3) is 0 Å². The Morgan fingerprint density at radius 2 is 1.74 bits per heavy atom. The number of tetrazole rings is 1. The summed E-state index contributed by atoms with van der Waals surface area (Å²) < 4.78 is 7.45. The summed E-state index contributed by atoms with van der Waals surface area (Å²) in [6, 6.07) is 12.1. The lowest BCUT2D eigenvalue weighted by atomic mass is 10.1. The highest BCUT2D eigenvalue weighted by molar-refractivity contribution is 7.99. The van der Waals surface area contributed by atoms with Crippen molar-refractivity contribution in [3.05, 3.63) is 58.7 Å². The molecule has 0 bridgehead atoms. The lowest BCUT2D eigenvalue weighted by Gasteiger charge is -2.14. The molecule has 0 spiro atoms. The van der Waals surface area contributed by atoms with Crippen molar-refractivity contribution < 1.29 is 9.84 Å². The first kappa shape index (κ1) is 19.4. The summed E-state index contributed by atoms with van der Waals surface area (Å²) in [6.45, 7) is 8.36. The highest BCUT2D eigenvalue weighted by Gasteiger charge is 2.14. The summed E-state index contributed by atoms with van der Waals surface area (Å²) in [7, 11) is 0. The van der Waals surface area contributed by atoms with Crippen molar-refractivity contribution in [3.63, 3.8) is 0 Å². The van der Waals surface area contributed by atoms with Gasteiger partial charge in [-0.05, 0) is 61.4 Å². The predicted molar refractivity (Wildman–Crippen MR) is 107 cm³/mol. The molecule has 0 saturated carbocycles. The van der Waals surface area contributed by atoms with Crippen molar-refractivity contribution >= 4 is 11.8 Å². The molecule has 0 fully saturated rings. The highest BCUT2D eigenvalue weighted by atomic mass is 32.2. The number of aliphatic hydroxyl groups excluding tert-OH is 1. The van der Waals surface area contributed by atoms with Gasteiger partial charge < -0.3 is 9.84 Å². The zero-order valence-electron chi connectivity index (χ0n) is 16.0. The van der Waals surface area contributed by atoms with Crippen LogP contribution < -0.4 is 4.74 Å². The van der Waals surface area contributed by atoms with Gasteiger partial charge in [0.05, 0.1) is 11.8 Å². The van der Waals surface area contributed by atoms with E-state index in [9.17, 15) is 5.11 Å². The average molecular weight is 385 g/mol. The number of aryl methyl sites for hydroxylation is 4. The molecule has 2 aromatic carbocycles. The number of aliphatic hydroxyl groups is 1. The molecule has 1 unspecified atom stereocenters. The summed E-state index contributed by atoms with van der Waals surface area (Å²) in [5, 5.41) is 22.9. The lowest BCUT2D eigenvalue weighted by Crippen LogP contribution is -2.20. The first-order valence-electron chi connectivity index (χ1n) is 8.81. The fraction of sp³-hybridized carbons (Fsp3) is 0.350. The van der Waals surface area contributed by atoms with Gasteiger partial charge in [0.15, 0.2) is 0 Å². The van der Waals surface area contributed by atoms with E-state index < -0.39 is 6.10 Å². The Bertz CT molecular complexity index is 926. The van der Waals surface area contributed by atoms with Crippen LogP contribution in [-0.4, -0.2) is 43.8 Å². The SMILES string of the molecule is Cc1ccc(OCC(O)CSc2nnnn2-c2ccc(C)cc2C)c(C)c1. The van der Waals surface area contributed by atoms with Gasteiger partial charge in [0.2, 0.25) is 5.16 Å². The van der Waals surface area contributed by atoms with E-state index >= 15 is 0 Å². The third kappa shape index (κ3) is 4.87. The van der Waals surface area contributed by atoms with E-state index in [-0.39, 0.29) is 6.61 Å². The van der Waals surface area contributed by atoms with E-state index in [0.29, 0.717) is 10.9 Å². The molecule has 1 atom stereocenters. The van der Waals surface area contributed by atoms with Gasteiger partial charge in [-0.3, -0.25) is 0 Å². The molecular formula is C20H24N4O2S. The molecule has 0 amide bonds. The average Bonchev–Trinajstić information content (AvgIpc) is 3.07. The second kappa shape index (κ2) is 8.54. The van der Waals surface area contributed by atoms with Gasteiger partial charge in [-0.25, -0.2) is 0 Å². The molecular weight excluding hydrogens is 360 g/mol. The molecule has 1 N–H and O–H groups in total. The number of benzene rings is 2. The Labute approximate surface area is 163 Å². The standard InChI is InChI=1S/C20H24N4O2S/c1-13-5-7-18(15(3)9-13)24-20(21-22-23-24)27-12-17(25)11-26-19-8-6-14(2)10-16(19)4/h5-10,17,25H,11-12H2,1-4H3. The summed E-state index contributed by atoms with van der Waals surface area (Å²) in [5.41, 5.74) is 5.48. The molecule has 3 aromatic rings. The molecule has 27 heavy (non-hydrogen) atoms. The molecule has 3 rings (SSSR count). The molecule has 1 heterocycles. The van der Waals surface area contributed by atoms with Crippen LogP contribution in [0, 0.1) is 27.7 Å². The zero-order chi connectivity index (χ0) is 19.4. The van der Waals surface area contributed by atoms with Crippen LogP contribution in [0.2, 0.25) is 0 Å². The largest absolute Gasteiger partial charge is 0.491 e. The van der Waals surface area contributed by atoms with Crippen molar-refractivity contribution in [2.75, 3.05) is 12.4 Å². The minimum atomic E-state index is -0.625. The third-order valence-electron chi connectivity index (χ3n) is 4.19. The van der Waals surface area contributed by atoms with Crippen LogP contribution in [0.4, 0.5) is 0 Å². The van der Waals surface area contributed by atoms with Crippen LogP contribution in [0.1, 0.15) is 22.3 Å². The molecule has 0 aliphatic heterocycles. The fourth-order valence-corrected chi connectivity index (χ4v) is 3.62. The Morgan fingerprint density at radius 1 is 1.04 bits per heavy atom. The Kier molecular flexibility index (Phi) is 6.13. The Balaban J connectivity index is 1.60. The van der Waals surface area contributed by atoms with Crippen LogP contribution in [0.3, 0.4) is 0 Å². The molecule has 6 nitrogen and oxygen atoms in total. The highest BCUT2D eigenvalue weighted by Crippen LogP contribution is 2.23. The monoisotopic (exact) mass is 384 g/mol. The number of hydrogen-bond acceptors (Lipinski definition) is 6. The van der Waals surface area contributed by atoms with Crippen LogP contribution in [0.15, 0.2) is 41.6 Å². The normalized spacial score (nSPS) is 12.2. The summed E-state index contributed by atoms with van der Waals surface area (Å²) >= 11 is 1.41. The van der Waals surface area contributed by atoms with Gasteiger partial charge in [-0.1, -0.05) is 47.2 Å². The Hall–Kier alpha value is -2.38. The molecule has 7 heteroatoms. The van der Waals surface area contributed by atoms with Crippen molar-refractivity contribution in [2.24, 2.45) is 0 Å². The number of ether oxygens (including phenoxy) is 1. The van der Waals surface area contributed by atoms with Gasteiger partial charge in [0, 0.05) is 5.75 Å². The van der Waals surface area contributed by atoms with Gasteiger partial charge in [0.1, 0.15) is 12.4 Å². The van der Waals surface area contributed by atoms with Crippen LogP contribution in [0.25, 0.3) is 5.69 Å². The predicted octanol–water partition coefficient (Wildman–Crippen LogP) is 3.43. The summed E-state index contributed by atoms with van der Waals surface area (Å²) in [5.74, 6) is 1.24. The maximum Gasteiger partial charge on any atom is 0.214 e. The van der Waals surface area contributed by atoms with Crippen LogP contribution >= 0.6 is 11.8 Å². The molecule has 0 aliphatic carbocycles. The van der Waals surface area contributed by atoms with Crippen LogP contribution in [-0.2, 0) is 0 Å². The number of rotatable bonds is 7. The van der Waals surface area contributed by atoms with Crippen molar-refractivity contribution in [1.29, 1.82) is 0 Å². The van der Waals surface area contributed by atoms with E-state index in [1.165, 1.54) is 22.9 Å². The smallest absolute Gasteiger partial charge is 0.214 e. The molecule has 142 valence electrons. The maximum atomic E-state index is 10.3. The van der Waals surface area contributed by atoms with E-state index in [2.05, 4.69) is 34.6 Å². The van der Waals surface area contributed by atoms with E-state index in [1.54, 1.807) is 4.68 Å². The van der Waals surface area contributed by atoms with E-state index in [0.717, 1.165) is 22.6 Å². The number of thioether (sulfide) groups is 1. The summed E-state index contributed by atoms with van der Waals surface area (Å²) in [4.78, 5) is 0. The van der Waals surface area contributed by atoms with E-state index in [4.69, 9.17) is 4.74 Å². The van der Waals surface area contributed by atoms with Gasteiger partial charge in [-0.15, -0.1) is 5.10 Å². The van der Waals surface area contributed by atoms with Crippen molar-refractivity contribution in [1.82, 2.24) is 20.2 Å². The first-order valence-corrected chi connectivity index (χ1v) is 9.79. The second-order valence-corrected chi connectivity index (χ2v) is 7.70. The minimum absolute atomic E-state index is 0.224. The number of nitrogens with zero attached hydrogens (tertiary/aromatic N) is 4. The number of hydrogen-bond donors (Lipinski definition) is 1. The van der Waals surface area contributed by atoms with E-state index in [1.807, 2.05) is 45.0 Å². The molecule has 0 radical (unpaired) electrons. The molecule has 1 aromatic heterocycles. The minimum Gasteiger partial charge on any atom is -0.491 e. The van der Waals surface area contributed by atoms with Crippen molar-refractivity contribution in [2.45, 2.75) is 39.0 Å². The quantitative estimate of drug-likeness (QED) is 0.629. The van der Waals surface area contributed by atoms with Crippen molar-refractivity contribution in [3.8, 4) is 11.4 Å². The topological polar surface area (TPSA) is 73.1 Å². The molecule has 0 aliphatic rings. The third-order valence-corrected chi connectivity index (χ3v) is 5.25. The van der Waals surface area contributed by atoms with Gasteiger partial charge >= 0.3 is 0 Å². The first-order chi connectivity index (χ1) is 12.9. The maximum absolute atomic E-state index is 10.3. The zero-order valence-corrected chi connectivity index (χ0v) is 16.8. The lowest BCUT2D eigenvalue weighted by molar-refractivity contribution is 0.126. The Morgan fingerprint density at radius 3 is 2.44 bits per heavy atom. The van der Waals surface area contributed by atoms with Gasteiger partial charge in [-0.2, -0.15) is 4.68 Å². The number of aromatic nitrogens is 4. The summed E-state index contributed by atoms with van der Waals surface area (Å²) in [6.07, 6.45) is -0.625.